The molecule has 2 aromatic carbocycles. The molecule has 1 fully saturated rings. The van der Waals surface area contributed by atoms with E-state index in [4.69, 9.17) is 24.6 Å². The van der Waals surface area contributed by atoms with Gasteiger partial charge in [-0.2, -0.15) is 0 Å². The zero-order valence-electron chi connectivity index (χ0n) is 26.8. The third-order valence-electron chi connectivity index (χ3n) is 5.02. The number of Topliss-reactive ketones (excluding diaryl/α,β-unsaturated/α-hetero) is 1. The van der Waals surface area contributed by atoms with Crippen molar-refractivity contribution in [3.05, 3.63) is 59.0 Å². The molecule has 28 heavy (non-hydrogen) atoms. The number of fused-ring (bicyclic) bond motifs is 1. The lowest BCUT2D eigenvalue weighted by Crippen LogP contribution is -2.34. The first-order valence-corrected chi connectivity index (χ1v) is 9.16. The fourth-order valence-electron chi connectivity index (χ4n) is 3.55. The molecule has 0 aromatic heterocycles. The van der Waals surface area contributed by atoms with E-state index < -0.39 is 72.6 Å². The van der Waals surface area contributed by atoms with Crippen molar-refractivity contribution >= 4 is 5.78 Å². The number of rotatable bonds is 6. The number of likely N-dealkylation sites (tertiary alicyclic amines) is 1. The number of ketones is 1. The van der Waals surface area contributed by atoms with Gasteiger partial charge in [0.15, 0.2) is 17.3 Å². The number of hydrogen-bond donors (Lipinski definition) is 0. The van der Waals surface area contributed by atoms with E-state index in [0.29, 0.717) is 0 Å². The molecule has 0 N–H and O–H groups in total. The molecule has 1 saturated heterocycles. The fraction of sp³-hybridized carbons (Fsp3) is 0.458. The van der Waals surface area contributed by atoms with Crippen molar-refractivity contribution in [2.45, 2.75) is 32.1 Å². The van der Waals surface area contributed by atoms with Crippen LogP contribution in [0.5, 0.6) is 11.5 Å². The van der Waals surface area contributed by atoms with Crippen LogP contribution in [0.3, 0.4) is 0 Å². The molecule has 0 spiro atoms. The molecule has 1 atom stereocenters. The lowest BCUT2D eigenvalue weighted by molar-refractivity contribution is 0.0895. The number of carbonyl (C=O) groups excluding carboxylic acids is 1. The van der Waals surface area contributed by atoms with Crippen molar-refractivity contribution in [1.29, 1.82) is 0 Å². The smallest absolute Gasteiger partial charge is 0.166 e. The van der Waals surface area contributed by atoms with Gasteiger partial charge in [0.05, 0.1) is 21.1 Å². The van der Waals surface area contributed by atoms with Gasteiger partial charge in [0.25, 0.3) is 0 Å². The number of ether oxygens (including phenoxy) is 2. The summed E-state index contributed by atoms with van der Waals surface area (Å²) in [5.41, 5.74) is -0.439. The Morgan fingerprint density at radius 2 is 1.82 bits per heavy atom. The van der Waals surface area contributed by atoms with Crippen molar-refractivity contribution in [1.82, 2.24) is 4.90 Å². The monoisotopic (exact) mass is 390 g/mol. The largest absolute Gasteiger partial charge is 0.493 e. The number of benzene rings is 2. The normalized spacial score (nSPS) is 28.7. The summed E-state index contributed by atoms with van der Waals surface area (Å²) in [5.74, 6) is -2.68. The zero-order chi connectivity index (χ0) is 29.2. The van der Waals surface area contributed by atoms with Gasteiger partial charge in [-0.1, -0.05) is 30.2 Å². The van der Waals surface area contributed by atoms with Crippen LogP contribution in [0.4, 0.5) is 0 Å². The second kappa shape index (κ2) is 8.36. The topological polar surface area (TPSA) is 38.8 Å². The van der Waals surface area contributed by atoms with Gasteiger partial charge in [-0.15, -0.1) is 0 Å². The second-order valence-corrected chi connectivity index (χ2v) is 6.73. The molecule has 1 aliphatic carbocycles. The van der Waals surface area contributed by atoms with Crippen LogP contribution in [0, 0.1) is 11.8 Å². The molecule has 4 heteroatoms. The third kappa shape index (κ3) is 3.93. The van der Waals surface area contributed by atoms with Crippen molar-refractivity contribution < 1.29 is 29.3 Å². The first kappa shape index (κ1) is 9.93. The SMILES string of the molecule is [2H]c1c([2H])c([2H])c(C([2H])([2H])N2CCC(C([2H])([2H])C3C(=O)c4cc(OC)c(OC)cc4C3([2H])[2H])CC2)c([2H])c1[2H]. The molecule has 0 amide bonds. The van der Waals surface area contributed by atoms with Crippen LogP contribution in [0.1, 0.15) is 55.8 Å². The molecule has 1 unspecified atom stereocenters. The molecule has 4 nitrogen and oxygen atoms in total. The lowest BCUT2D eigenvalue weighted by atomic mass is 9.85. The molecule has 2 aromatic rings. The molecular formula is C24H29NO3. The lowest BCUT2D eigenvalue weighted by Gasteiger charge is -2.32. The molecular weight excluding hydrogens is 350 g/mol. The summed E-state index contributed by atoms with van der Waals surface area (Å²) in [6.07, 6.45) is -4.51. The Kier molecular flexibility index (Phi) is 2.96. The van der Waals surface area contributed by atoms with E-state index in [1.165, 1.54) is 31.3 Å². The van der Waals surface area contributed by atoms with Crippen molar-refractivity contribution in [3.63, 3.8) is 0 Å². The predicted molar refractivity (Wildman–Crippen MR) is 110 cm³/mol. The number of nitrogens with zero attached hydrogens (tertiary/aromatic N) is 1. The number of piperidine rings is 1. The van der Waals surface area contributed by atoms with E-state index in [-0.39, 0.29) is 48.6 Å². The third-order valence-corrected chi connectivity index (χ3v) is 5.02. The van der Waals surface area contributed by atoms with Crippen LogP contribution in [0.15, 0.2) is 42.3 Å². The maximum Gasteiger partial charge on any atom is 0.166 e. The van der Waals surface area contributed by atoms with Crippen LogP contribution in [-0.2, 0) is 12.9 Å². The Bertz CT molecular complexity index is 1290. The van der Waals surface area contributed by atoms with Gasteiger partial charge in [-0.3, -0.25) is 9.69 Å². The first-order chi connectivity index (χ1) is 18.0. The van der Waals surface area contributed by atoms with E-state index in [1.807, 2.05) is 0 Å². The van der Waals surface area contributed by atoms with Crippen molar-refractivity contribution in [2.75, 3.05) is 27.3 Å². The Labute approximate surface area is 182 Å². The van der Waals surface area contributed by atoms with Crippen molar-refractivity contribution in [3.8, 4) is 11.5 Å². The summed E-state index contributed by atoms with van der Waals surface area (Å²) < 4.78 is 103. The van der Waals surface area contributed by atoms with Crippen LogP contribution < -0.4 is 9.47 Å². The zero-order valence-corrected chi connectivity index (χ0v) is 15.8. The molecule has 4 rings (SSSR count). The minimum Gasteiger partial charge on any atom is -0.493 e. The van der Waals surface area contributed by atoms with E-state index in [0.717, 1.165) is 0 Å². The van der Waals surface area contributed by atoms with Crippen molar-refractivity contribution in [2.24, 2.45) is 11.8 Å². The van der Waals surface area contributed by atoms with Gasteiger partial charge in [-0.05, 0) is 67.9 Å². The van der Waals surface area contributed by atoms with Crippen LogP contribution in [0.2, 0.25) is 0 Å². The predicted octanol–water partition coefficient (Wildman–Crippen LogP) is 4.36. The number of carbonyl (C=O) groups is 1. The summed E-state index contributed by atoms with van der Waals surface area (Å²) in [6, 6.07) is -0.468. The van der Waals surface area contributed by atoms with Crippen LogP contribution in [0.25, 0.3) is 0 Å². The Morgan fingerprint density at radius 3 is 2.50 bits per heavy atom. The number of hydrogen-bond acceptors (Lipinski definition) is 4. The molecule has 0 radical (unpaired) electrons. The highest BCUT2D eigenvalue weighted by molar-refractivity contribution is 6.02. The van der Waals surface area contributed by atoms with Gasteiger partial charge >= 0.3 is 0 Å². The molecule has 2 aliphatic rings. The van der Waals surface area contributed by atoms with E-state index in [1.54, 1.807) is 0 Å². The molecule has 0 saturated carbocycles. The molecule has 1 heterocycles. The highest BCUT2D eigenvalue weighted by Gasteiger charge is 2.34. The maximum atomic E-state index is 13.4. The van der Waals surface area contributed by atoms with Crippen LogP contribution in [-0.4, -0.2) is 38.0 Å². The van der Waals surface area contributed by atoms with E-state index in [9.17, 15) is 4.79 Å². The van der Waals surface area contributed by atoms with E-state index >= 15 is 0 Å². The average Bonchev–Trinajstić information content (AvgIpc) is 3.09. The Hall–Kier alpha value is -2.33. The summed E-state index contributed by atoms with van der Waals surface area (Å²) >= 11 is 0. The Balaban J connectivity index is 1.60. The maximum absolute atomic E-state index is 13.4. The first-order valence-electron chi connectivity index (χ1n) is 14.7. The minimum absolute atomic E-state index is 0.0222. The Morgan fingerprint density at radius 1 is 1.14 bits per heavy atom. The molecule has 0 bridgehead atoms. The molecule has 1 aliphatic heterocycles. The summed E-state index contributed by atoms with van der Waals surface area (Å²) in [7, 11) is 2.76. The average molecular weight is 391 g/mol. The van der Waals surface area contributed by atoms with Gasteiger partial charge in [0.2, 0.25) is 0 Å². The summed E-state index contributed by atoms with van der Waals surface area (Å²) in [4.78, 5) is 14.7. The van der Waals surface area contributed by atoms with Gasteiger partial charge < -0.3 is 9.47 Å². The van der Waals surface area contributed by atoms with Gasteiger partial charge in [0.1, 0.15) is 0 Å². The quantitative estimate of drug-likeness (QED) is 0.735. The standard InChI is InChI=1S/C24H29NO3/c1-27-22-14-19-13-20(24(26)21(19)15-23(22)28-2)12-17-8-10-25(11-9-17)16-18-6-4-3-5-7-18/h3-7,14-15,17,20H,8-13,16H2,1-2H3/i3D,4D,5D,6D,7D,12D2,13D2,16D2. The molecule has 148 valence electrons. The summed E-state index contributed by atoms with van der Waals surface area (Å²) in [5, 5.41) is 0. The summed E-state index contributed by atoms with van der Waals surface area (Å²) in [6.45, 7) is -2.50. The highest BCUT2D eigenvalue weighted by Crippen LogP contribution is 2.39. The minimum atomic E-state index is -2.44. The second-order valence-electron chi connectivity index (χ2n) is 6.73. The van der Waals surface area contributed by atoms with E-state index in [2.05, 4.69) is 0 Å². The highest BCUT2D eigenvalue weighted by atomic mass is 16.5. The number of methoxy groups -OCH3 is 2. The van der Waals surface area contributed by atoms with Gasteiger partial charge in [0, 0.05) is 26.2 Å². The van der Waals surface area contributed by atoms with Crippen LogP contribution >= 0.6 is 0 Å². The fourth-order valence-corrected chi connectivity index (χ4v) is 3.55. The van der Waals surface area contributed by atoms with Gasteiger partial charge in [-0.25, -0.2) is 0 Å².